The lowest BCUT2D eigenvalue weighted by Crippen LogP contribution is -2.45. The highest BCUT2D eigenvalue weighted by Crippen LogP contribution is 2.16. The van der Waals surface area contributed by atoms with Crippen LogP contribution < -0.4 is 5.43 Å². The van der Waals surface area contributed by atoms with Crippen LogP contribution in [-0.4, -0.2) is 47.1 Å². The molecule has 0 unspecified atom stereocenters. The maximum atomic E-state index is 12.2. The molecule has 0 radical (unpaired) electrons. The third kappa shape index (κ3) is 7.52. The first-order valence-electron chi connectivity index (χ1n) is 11.3. The lowest BCUT2D eigenvalue weighted by atomic mass is 10.00. The minimum atomic E-state index is -0.487. The molecule has 1 fully saturated rings. The SMILES string of the molecule is CC.CC(C)(C)OC(=O)N1CCC(N/N=C(\C(=N)c2ccccc2)c2ccccc2)CC1. The van der Waals surface area contributed by atoms with E-state index in [2.05, 4.69) is 10.5 Å². The summed E-state index contributed by atoms with van der Waals surface area (Å²) >= 11 is 0. The minimum absolute atomic E-state index is 0.144. The number of nitrogens with one attached hydrogen (secondary N) is 2. The first-order valence-corrected chi connectivity index (χ1v) is 11.3. The van der Waals surface area contributed by atoms with E-state index in [1.165, 1.54) is 0 Å². The van der Waals surface area contributed by atoms with Crippen molar-refractivity contribution < 1.29 is 9.53 Å². The Morgan fingerprint density at radius 3 is 1.97 bits per heavy atom. The molecule has 0 aromatic heterocycles. The number of hydrogen-bond acceptors (Lipinski definition) is 5. The van der Waals surface area contributed by atoms with Gasteiger partial charge in [-0.3, -0.25) is 5.41 Å². The van der Waals surface area contributed by atoms with E-state index in [0.29, 0.717) is 24.5 Å². The number of nitrogens with zero attached hydrogens (tertiary/aromatic N) is 2. The van der Waals surface area contributed by atoms with Crippen molar-refractivity contribution in [3.8, 4) is 0 Å². The maximum Gasteiger partial charge on any atom is 0.410 e. The Labute approximate surface area is 192 Å². The van der Waals surface area contributed by atoms with Gasteiger partial charge < -0.3 is 15.1 Å². The van der Waals surface area contributed by atoms with Gasteiger partial charge in [-0.05, 0) is 33.6 Å². The molecule has 0 atom stereocenters. The van der Waals surface area contributed by atoms with Crippen LogP contribution in [0.2, 0.25) is 0 Å². The smallest absolute Gasteiger partial charge is 0.410 e. The Bertz CT molecular complexity index is 881. The second-order valence-corrected chi connectivity index (χ2v) is 8.44. The van der Waals surface area contributed by atoms with Crippen LogP contribution in [0.3, 0.4) is 0 Å². The third-order valence-electron chi connectivity index (χ3n) is 4.85. The summed E-state index contributed by atoms with van der Waals surface area (Å²) in [4.78, 5) is 14.0. The molecule has 0 bridgehead atoms. The lowest BCUT2D eigenvalue weighted by Gasteiger charge is -2.33. The number of hydrogen-bond donors (Lipinski definition) is 2. The van der Waals surface area contributed by atoms with Crippen LogP contribution in [0.15, 0.2) is 65.8 Å². The van der Waals surface area contributed by atoms with E-state index in [4.69, 9.17) is 10.1 Å². The fourth-order valence-electron chi connectivity index (χ4n) is 3.28. The van der Waals surface area contributed by atoms with E-state index in [1.807, 2.05) is 95.3 Å². The number of hydrazone groups is 1. The summed E-state index contributed by atoms with van der Waals surface area (Å²) in [5, 5.41) is 13.3. The number of piperidine rings is 1. The van der Waals surface area contributed by atoms with Crippen molar-refractivity contribution in [1.82, 2.24) is 10.3 Å². The summed E-state index contributed by atoms with van der Waals surface area (Å²) in [6, 6.07) is 19.5. The van der Waals surface area contributed by atoms with Gasteiger partial charge >= 0.3 is 6.09 Å². The lowest BCUT2D eigenvalue weighted by molar-refractivity contribution is 0.0198. The number of rotatable bonds is 5. The van der Waals surface area contributed by atoms with Crippen LogP contribution in [0.1, 0.15) is 58.6 Å². The predicted molar refractivity (Wildman–Crippen MR) is 132 cm³/mol. The zero-order chi connectivity index (χ0) is 23.6. The normalized spacial score (nSPS) is 14.8. The number of carbonyl (C=O) groups is 1. The molecular weight excluding hydrogens is 400 g/mol. The molecule has 0 spiro atoms. The molecular formula is C26H36N4O2. The highest BCUT2D eigenvalue weighted by Gasteiger charge is 2.27. The molecule has 172 valence electrons. The summed E-state index contributed by atoms with van der Waals surface area (Å²) in [5.41, 5.74) is 5.46. The van der Waals surface area contributed by atoms with Crippen molar-refractivity contribution in [1.29, 1.82) is 5.41 Å². The first kappa shape index (κ1) is 25.1. The molecule has 1 amide bonds. The van der Waals surface area contributed by atoms with Gasteiger partial charge in [0.25, 0.3) is 0 Å². The molecule has 2 aromatic rings. The van der Waals surface area contributed by atoms with Gasteiger partial charge in [0.1, 0.15) is 11.3 Å². The summed E-state index contributed by atoms with van der Waals surface area (Å²) < 4.78 is 5.46. The van der Waals surface area contributed by atoms with Crippen molar-refractivity contribution in [3.05, 3.63) is 71.8 Å². The Morgan fingerprint density at radius 2 is 1.47 bits per heavy atom. The van der Waals surface area contributed by atoms with E-state index >= 15 is 0 Å². The highest BCUT2D eigenvalue weighted by atomic mass is 16.6. The Kier molecular flexibility index (Phi) is 9.44. The Balaban J connectivity index is 0.00000176. The van der Waals surface area contributed by atoms with Gasteiger partial charge in [0.05, 0.1) is 5.71 Å². The predicted octanol–water partition coefficient (Wildman–Crippen LogP) is 5.47. The largest absolute Gasteiger partial charge is 0.444 e. The molecule has 2 N–H and O–H groups in total. The molecule has 1 aliphatic heterocycles. The molecule has 6 nitrogen and oxygen atoms in total. The fourth-order valence-corrected chi connectivity index (χ4v) is 3.28. The Hall–Kier alpha value is -3.15. The molecule has 0 saturated carbocycles. The van der Waals surface area contributed by atoms with Gasteiger partial charge in [-0.25, -0.2) is 4.79 Å². The van der Waals surface area contributed by atoms with Crippen molar-refractivity contribution in [2.24, 2.45) is 5.10 Å². The molecule has 0 aliphatic carbocycles. The van der Waals surface area contributed by atoms with Gasteiger partial charge in [-0.1, -0.05) is 74.5 Å². The van der Waals surface area contributed by atoms with Gasteiger partial charge in [-0.2, -0.15) is 5.10 Å². The number of benzene rings is 2. The molecule has 1 saturated heterocycles. The first-order chi connectivity index (χ1) is 15.3. The summed E-state index contributed by atoms with van der Waals surface area (Å²) in [5.74, 6) is 0. The Morgan fingerprint density at radius 1 is 0.969 bits per heavy atom. The number of ether oxygens (including phenoxy) is 1. The van der Waals surface area contributed by atoms with E-state index in [9.17, 15) is 4.79 Å². The quantitative estimate of drug-likeness (QED) is 0.482. The molecule has 2 aromatic carbocycles. The van der Waals surface area contributed by atoms with E-state index < -0.39 is 5.60 Å². The van der Waals surface area contributed by atoms with Crippen molar-refractivity contribution in [2.75, 3.05) is 13.1 Å². The summed E-state index contributed by atoms with van der Waals surface area (Å²) in [6.07, 6.45) is 1.30. The maximum absolute atomic E-state index is 12.2. The molecule has 1 aliphatic rings. The van der Waals surface area contributed by atoms with Crippen molar-refractivity contribution in [3.63, 3.8) is 0 Å². The van der Waals surface area contributed by atoms with Crippen LogP contribution in [0.4, 0.5) is 4.79 Å². The van der Waals surface area contributed by atoms with Gasteiger partial charge in [-0.15, -0.1) is 0 Å². The van der Waals surface area contributed by atoms with E-state index in [1.54, 1.807) is 4.90 Å². The van der Waals surface area contributed by atoms with Crippen LogP contribution in [-0.2, 0) is 4.74 Å². The summed E-state index contributed by atoms with van der Waals surface area (Å²) in [6.45, 7) is 10.9. The molecule has 32 heavy (non-hydrogen) atoms. The third-order valence-corrected chi connectivity index (χ3v) is 4.85. The molecule has 6 heteroatoms. The van der Waals surface area contributed by atoms with Gasteiger partial charge in [0.2, 0.25) is 0 Å². The van der Waals surface area contributed by atoms with Crippen LogP contribution in [0.25, 0.3) is 0 Å². The summed E-state index contributed by atoms with van der Waals surface area (Å²) in [7, 11) is 0. The van der Waals surface area contributed by atoms with E-state index in [-0.39, 0.29) is 12.1 Å². The number of amides is 1. The zero-order valence-corrected chi connectivity index (χ0v) is 19.9. The second kappa shape index (κ2) is 12.0. The highest BCUT2D eigenvalue weighted by molar-refractivity contribution is 6.52. The molecule has 1 heterocycles. The van der Waals surface area contributed by atoms with Crippen molar-refractivity contribution >= 4 is 17.5 Å². The van der Waals surface area contributed by atoms with Crippen molar-refractivity contribution in [2.45, 2.75) is 59.1 Å². The standard InChI is InChI=1S/C24H30N4O2.C2H6/c1-24(2,3)30-23(29)28-16-14-20(15-17-28)26-27-22(19-12-8-5-9-13-19)21(25)18-10-6-4-7-11-18;1-2/h4-13,20,25-26H,14-17H2,1-3H3;1-2H3/b25-21?,27-22-;. The van der Waals surface area contributed by atoms with Crippen LogP contribution in [0, 0.1) is 5.41 Å². The number of likely N-dealkylation sites (tertiary alicyclic amines) is 1. The minimum Gasteiger partial charge on any atom is -0.444 e. The fraction of sp³-hybridized carbons (Fsp3) is 0.423. The average Bonchev–Trinajstić information content (AvgIpc) is 2.81. The van der Waals surface area contributed by atoms with E-state index in [0.717, 1.165) is 24.0 Å². The van der Waals surface area contributed by atoms with Gasteiger partial charge in [0.15, 0.2) is 0 Å². The van der Waals surface area contributed by atoms with Gasteiger partial charge in [0, 0.05) is 30.3 Å². The average molecular weight is 437 g/mol. The number of carbonyl (C=O) groups excluding carboxylic acids is 1. The van der Waals surface area contributed by atoms with Crippen LogP contribution in [0.5, 0.6) is 0 Å². The molecule has 3 rings (SSSR count). The van der Waals surface area contributed by atoms with Crippen LogP contribution >= 0.6 is 0 Å². The second-order valence-electron chi connectivity index (χ2n) is 8.44. The zero-order valence-electron chi connectivity index (χ0n) is 19.9. The monoisotopic (exact) mass is 436 g/mol. The topological polar surface area (TPSA) is 77.8 Å².